The first-order valence-corrected chi connectivity index (χ1v) is 5.47. The maximum absolute atomic E-state index is 13.1. The quantitative estimate of drug-likeness (QED) is 0.855. The van der Waals surface area contributed by atoms with E-state index in [4.69, 9.17) is 0 Å². The zero-order valence-electron chi connectivity index (χ0n) is 10.5. The van der Waals surface area contributed by atoms with Gasteiger partial charge in [0.25, 0.3) is 0 Å². The number of rotatable bonds is 4. The van der Waals surface area contributed by atoms with E-state index in [1.165, 1.54) is 37.2 Å². The lowest BCUT2D eigenvalue weighted by Crippen LogP contribution is -2.41. The summed E-state index contributed by atoms with van der Waals surface area (Å²) in [6, 6.07) is 4.24. The van der Waals surface area contributed by atoms with Crippen molar-refractivity contribution in [1.82, 2.24) is 10.2 Å². The molecule has 1 rings (SSSR count). The number of hydrogen-bond acceptors (Lipinski definition) is 2. The highest BCUT2D eigenvalue weighted by Gasteiger charge is 2.30. The molecule has 0 bridgehead atoms. The molecule has 0 radical (unpaired) electrons. The molecule has 106 valence electrons. The van der Waals surface area contributed by atoms with E-state index in [2.05, 4.69) is 0 Å². The number of hydrogen-bond donors (Lipinski definition) is 1. The first kappa shape index (κ1) is 15.4. The molecule has 0 fully saturated rings. The molecule has 0 saturated carbocycles. The van der Waals surface area contributed by atoms with Gasteiger partial charge in [0.1, 0.15) is 18.4 Å². The second kappa shape index (κ2) is 6.01. The summed E-state index contributed by atoms with van der Waals surface area (Å²) in [5.41, 5.74) is 0.296. The molecular formula is C12H14F4N2O. The van der Waals surface area contributed by atoms with E-state index in [1.807, 2.05) is 0 Å². The van der Waals surface area contributed by atoms with Crippen molar-refractivity contribution in [1.29, 1.82) is 0 Å². The standard InChI is InChI=1S/C12H14F4N2O/c1-18(2)10(8-4-3-5-9(13)6-8)11(19)17-7-12(14,15)16/h3-6,10H,7H2,1-2H3,(H,17,19)/t10-/m1/s1. The highest BCUT2D eigenvalue weighted by atomic mass is 19.4. The van der Waals surface area contributed by atoms with E-state index >= 15 is 0 Å². The molecule has 0 aliphatic heterocycles. The van der Waals surface area contributed by atoms with Gasteiger partial charge in [0.15, 0.2) is 0 Å². The average Bonchev–Trinajstić information content (AvgIpc) is 2.25. The van der Waals surface area contributed by atoms with Crippen molar-refractivity contribution in [2.75, 3.05) is 20.6 Å². The minimum absolute atomic E-state index is 0.296. The largest absolute Gasteiger partial charge is 0.405 e. The minimum atomic E-state index is -4.48. The Morgan fingerprint density at radius 3 is 2.47 bits per heavy atom. The zero-order chi connectivity index (χ0) is 14.6. The third-order valence-corrected chi connectivity index (χ3v) is 2.39. The fourth-order valence-corrected chi connectivity index (χ4v) is 1.64. The number of nitrogens with one attached hydrogen (secondary N) is 1. The minimum Gasteiger partial charge on any atom is -0.345 e. The third kappa shape index (κ3) is 4.86. The smallest absolute Gasteiger partial charge is 0.345 e. The molecule has 0 unspecified atom stereocenters. The van der Waals surface area contributed by atoms with Gasteiger partial charge >= 0.3 is 6.18 Å². The van der Waals surface area contributed by atoms with Crippen molar-refractivity contribution in [3.8, 4) is 0 Å². The Morgan fingerprint density at radius 1 is 1.37 bits per heavy atom. The van der Waals surface area contributed by atoms with E-state index in [0.29, 0.717) is 5.56 Å². The topological polar surface area (TPSA) is 32.3 Å². The van der Waals surface area contributed by atoms with Gasteiger partial charge in [-0.05, 0) is 31.8 Å². The van der Waals surface area contributed by atoms with Crippen LogP contribution >= 0.6 is 0 Å². The predicted molar refractivity (Wildman–Crippen MR) is 61.9 cm³/mol. The van der Waals surface area contributed by atoms with E-state index in [-0.39, 0.29) is 0 Å². The second-order valence-corrected chi connectivity index (χ2v) is 4.25. The summed E-state index contributed by atoms with van der Waals surface area (Å²) in [5.74, 6) is -1.37. The van der Waals surface area contributed by atoms with Gasteiger partial charge in [-0.3, -0.25) is 9.69 Å². The molecule has 0 aliphatic carbocycles. The maximum Gasteiger partial charge on any atom is 0.405 e. The monoisotopic (exact) mass is 278 g/mol. The van der Waals surface area contributed by atoms with Gasteiger partial charge in [0, 0.05) is 0 Å². The summed E-state index contributed by atoms with van der Waals surface area (Å²) < 4.78 is 49.3. The van der Waals surface area contributed by atoms with Gasteiger partial charge < -0.3 is 5.32 Å². The van der Waals surface area contributed by atoms with E-state index < -0.39 is 30.5 Å². The molecule has 0 spiro atoms. The number of halogens is 4. The van der Waals surface area contributed by atoms with Crippen LogP contribution in [0.15, 0.2) is 24.3 Å². The van der Waals surface area contributed by atoms with E-state index in [1.54, 1.807) is 5.32 Å². The number of nitrogens with zero attached hydrogens (tertiary/aromatic N) is 1. The van der Waals surface area contributed by atoms with Crippen LogP contribution in [0.2, 0.25) is 0 Å². The van der Waals surface area contributed by atoms with Gasteiger partial charge in [-0.1, -0.05) is 12.1 Å². The fraction of sp³-hybridized carbons (Fsp3) is 0.417. The summed E-state index contributed by atoms with van der Waals surface area (Å²) in [7, 11) is 3.06. The number of amides is 1. The molecule has 0 aromatic heterocycles. The van der Waals surface area contributed by atoms with Crippen LogP contribution in [0.4, 0.5) is 17.6 Å². The summed E-state index contributed by atoms with van der Waals surface area (Å²) in [4.78, 5) is 13.2. The van der Waals surface area contributed by atoms with Crippen LogP contribution in [-0.4, -0.2) is 37.6 Å². The number of carbonyl (C=O) groups excluding carboxylic acids is 1. The lowest BCUT2D eigenvalue weighted by molar-refractivity contribution is -0.141. The van der Waals surface area contributed by atoms with Gasteiger partial charge in [0.05, 0.1) is 0 Å². The Balaban J connectivity index is 2.86. The van der Waals surface area contributed by atoms with Crippen LogP contribution in [-0.2, 0) is 4.79 Å². The Kier molecular flexibility index (Phi) is 4.88. The van der Waals surface area contributed by atoms with Crippen molar-refractivity contribution in [2.45, 2.75) is 12.2 Å². The summed E-state index contributed by atoms with van der Waals surface area (Å²) >= 11 is 0. The summed E-state index contributed by atoms with van der Waals surface area (Å²) in [6.07, 6.45) is -4.48. The van der Waals surface area contributed by atoms with Gasteiger partial charge in [0.2, 0.25) is 5.91 Å². The van der Waals surface area contributed by atoms with Crippen LogP contribution in [0.25, 0.3) is 0 Å². The Hall–Kier alpha value is -1.63. The highest BCUT2D eigenvalue weighted by Crippen LogP contribution is 2.20. The first-order chi connectivity index (χ1) is 8.70. The number of benzene rings is 1. The second-order valence-electron chi connectivity index (χ2n) is 4.25. The molecular weight excluding hydrogens is 264 g/mol. The predicted octanol–water partition coefficient (Wildman–Crippen LogP) is 2.11. The van der Waals surface area contributed by atoms with Crippen molar-refractivity contribution < 1.29 is 22.4 Å². The fourth-order valence-electron chi connectivity index (χ4n) is 1.64. The molecule has 7 heteroatoms. The van der Waals surface area contributed by atoms with Crippen LogP contribution in [0, 0.1) is 5.82 Å². The molecule has 0 aliphatic rings. The molecule has 3 nitrogen and oxygen atoms in total. The molecule has 1 aromatic carbocycles. The van der Waals surface area contributed by atoms with Crippen molar-refractivity contribution in [3.63, 3.8) is 0 Å². The lowest BCUT2D eigenvalue weighted by Gasteiger charge is -2.24. The van der Waals surface area contributed by atoms with Crippen molar-refractivity contribution in [2.24, 2.45) is 0 Å². The highest BCUT2D eigenvalue weighted by molar-refractivity contribution is 5.83. The van der Waals surface area contributed by atoms with Crippen molar-refractivity contribution in [3.05, 3.63) is 35.6 Å². The van der Waals surface area contributed by atoms with Crippen LogP contribution in [0.5, 0.6) is 0 Å². The van der Waals surface area contributed by atoms with Gasteiger partial charge in [-0.25, -0.2) is 4.39 Å². The van der Waals surface area contributed by atoms with Crippen LogP contribution < -0.4 is 5.32 Å². The third-order valence-electron chi connectivity index (χ3n) is 2.39. The molecule has 0 saturated heterocycles. The van der Waals surface area contributed by atoms with E-state index in [9.17, 15) is 22.4 Å². The van der Waals surface area contributed by atoms with Gasteiger partial charge in [-0.15, -0.1) is 0 Å². The van der Waals surface area contributed by atoms with Crippen molar-refractivity contribution >= 4 is 5.91 Å². The van der Waals surface area contributed by atoms with Crippen LogP contribution in [0.3, 0.4) is 0 Å². The maximum atomic E-state index is 13.1. The first-order valence-electron chi connectivity index (χ1n) is 5.47. The number of carbonyl (C=O) groups is 1. The molecule has 1 aromatic rings. The Bertz CT molecular complexity index is 446. The molecule has 1 N–H and O–H groups in total. The van der Waals surface area contributed by atoms with Gasteiger partial charge in [-0.2, -0.15) is 13.2 Å². The lowest BCUT2D eigenvalue weighted by atomic mass is 10.1. The average molecular weight is 278 g/mol. The normalized spacial score (nSPS) is 13.4. The molecule has 19 heavy (non-hydrogen) atoms. The molecule has 1 amide bonds. The molecule has 0 heterocycles. The summed E-state index contributed by atoms with van der Waals surface area (Å²) in [5, 5.41) is 1.79. The zero-order valence-corrected chi connectivity index (χ0v) is 10.5. The Labute approximate surface area is 108 Å². The molecule has 1 atom stereocenters. The van der Waals surface area contributed by atoms with Crippen LogP contribution in [0.1, 0.15) is 11.6 Å². The summed E-state index contributed by atoms with van der Waals surface area (Å²) in [6.45, 7) is -1.41. The SMILES string of the molecule is CN(C)[C@@H](C(=O)NCC(F)(F)F)c1cccc(F)c1. The number of likely N-dealkylation sites (N-methyl/N-ethyl adjacent to an activating group) is 1. The van der Waals surface area contributed by atoms with E-state index in [0.717, 1.165) is 6.07 Å². The number of alkyl halides is 3. The Morgan fingerprint density at radius 2 is 2.00 bits per heavy atom.